The van der Waals surface area contributed by atoms with Crippen molar-refractivity contribution in [1.82, 2.24) is 4.90 Å². The Morgan fingerprint density at radius 3 is 2.55 bits per heavy atom. The third kappa shape index (κ3) is 1.92. The van der Waals surface area contributed by atoms with E-state index in [0.29, 0.717) is 5.54 Å². The van der Waals surface area contributed by atoms with E-state index in [9.17, 15) is 0 Å². The fraction of sp³-hybridized carbons (Fsp3) is 1.00. The standard InChI is InChI=1S/C8H18N2O/c1-10(5-6-11-2)8(7-9)3-4-8/h3-7,9H2,1-2H3. The maximum atomic E-state index is 5.66. The molecule has 1 aliphatic carbocycles. The van der Waals surface area contributed by atoms with Gasteiger partial charge in [0.05, 0.1) is 6.61 Å². The number of nitrogens with two attached hydrogens (primary N) is 1. The van der Waals surface area contributed by atoms with Crippen molar-refractivity contribution in [2.75, 3.05) is 33.9 Å². The minimum Gasteiger partial charge on any atom is -0.383 e. The molecule has 1 saturated carbocycles. The lowest BCUT2D eigenvalue weighted by molar-refractivity contribution is 0.132. The molecule has 11 heavy (non-hydrogen) atoms. The molecule has 0 heterocycles. The van der Waals surface area contributed by atoms with E-state index in [4.69, 9.17) is 10.5 Å². The van der Waals surface area contributed by atoms with Crippen LogP contribution in [0.3, 0.4) is 0 Å². The Kier molecular flexibility index (Phi) is 2.87. The zero-order valence-corrected chi connectivity index (χ0v) is 7.47. The van der Waals surface area contributed by atoms with Gasteiger partial charge < -0.3 is 10.5 Å². The maximum absolute atomic E-state index is 5.66. The van der Waals surface area contributed by atoms with Crippen LogP contribution in [0.25, 0.3) is 0 Å². The average Bonchev–Trinajstić information content (AvgIpc) is 2.80. The van der Waals surface area contributed by atoms with Crippen molar-refractivity contribution in [3.8, 4) is 0 Å². The third-order valence-electron chi connectivity index (χ3n) is 2.65. The molecule has 0 spiro atoms. The number of ether oxygens (including phenoxy) is 1. The van der Waals surface area contributed by atoms with Gasteiger partial charge in [-0.1, -0.05) is 0 Å². The van der Waals surface area contributed by atoms with Crippen molar-refractivity contribution in [3.63, 3.8) is 0 Å². The Hall–Kier alpha value is -0.120. The van der Waals surface area contributed by atoms with Crippen LogP contribution in [-0.2, 0) is 4.74 Å². The highest BCUT2D eigenvalue weighted by Gasteiger charge is 2.44. The molecule has 0 aliphatic heterocycles. The summed E-state index contributed by atoms with van der Waals surface area (Å²) in [5, 5.41) is 0. The van der Waals surface area contributed by atoms with Crippen molar-refractivity contribution < 1.29 is 4.74 Å². The van der Waals surface area contributed by atoms with Gasteiger partial charge in [-0.3, -0.25) is 4.90 Å². The molecule has 1 aliphatic rings. The van der Waals surface area contributed by atoms with Crippen molar-refractivity contribution in [2.24, 2.45) is 5.73 Å². The van der Waals surface area contributed by atoms with Gasteiger partial charge in [0.2, 0.25) is 0 Å². The topological polar surface area (TPSA) is 38.5 Å². The molecule has 0 radical (unpaired) electrons. The minimum atomic E-state index is 0.332. The highest BCUT2D eigenvalue weighted by Crippen LogP contribution is 2.39. The van der Waals surface area contributed by atoms with E-state index >= 15 is 0 Å². The summed E-state index contributed by atoms with van der Waals surface area (Å²) < 4.78 is 5.00. The van der Waals surface area contributed by atoms with E-state index in [-0.39, 0.29) is 0 Å². The van der Waals surface area contributed by atoms with Gasteiger partial charge in [-0.15, -0.1) is 0 Å². The molecule has 0 unspecified atom stereocenters. The van der Waals surface area contributed by atoms with Gasteiger partial charge in [0.1, 0.15) is 0 Å². The smallest absolute Gasteiger partial charge is 0.0589 e. The van der Waals surface area contributed by atoms with Crippen LogP contribution in [0.4, 0.5) is 0 Å². The SMILES string of the molecule is COCCN(C)C1(CN)CC1. The Morgan fingerprint density at radius 1 is 1.55 bits per heavy atom. The number of likely N-dealkylation sites (N-methyl/N-ethyl adjacent to an activating group) is 1. The summed E-state index contributed by atoms with van der Waals surface area (Å²) in [4.78, 5) is 2.32. The van der Waals surface area contributed by atoms with Crippen LogP contribution in [0.5, 0.6) is 0 Å². The fourth-order valence-electron chi connectivity index (χ4n) is 1.35. The van der Waals surface area contributed by atoms with Crippen LogP contribution in [0.15, 0.2) is 0 Å². The largest absolute Gasteiger partial charge is 0.383 e. The van der Waals surface area contributed by atoms with Crippen LogP contribution in [0, 0.1) is 0 Å². The summed E-state index contributed by atoms with van der Waals surface area (Å²) in [7, 11) is 3.86. The van der Waals surface area contributed by atoms with E-state index in [1.807, 2.05) is 0 Å². The van der Waals surface area contributed by atoms with Gasteiger partial charge >= 0.3 is 0 Å². The second kappa shape index (κ2) is 3.52. The van der Waals surface area contributed by atoms with Crippen LogP contribution in [0.2, 0.25) is 0 Å². The Morgan fingerprint density at radius 2 is 2.18 bits per heavy atom. The molecular weight excluding hydrogens is 140 g/mol. The highest BCUT2D eigenvalue weighted by molar-refractivity contribution is 5.03. The van der Waals surface area contributed by atoms with Crippen molar-refractivity contribution in [1.29, 1.82) is 0 Å². The molecule has 0 aromatic carbocycles. The molecular formula is C8H18N2O. The number of hydrogen-bond acceptors (Lipinski definition) is 3. The van der Waals surface area contributed by atoms with Gasteiger partial charge in [0, 0.05) is 25.7 Å². The molecule has 1 fully saturated rings. The monoisotopic (exact) mass is 158 g/mol. The first kappa shape index (κ1) is 8.97. The van der Waals surface area contributed by atoms with Gasteiger partial charge in [0.15, 0.2) is 0 Å². The van der Waals surface area contributed by atoms with E-state index in [1.54, 1.807) is 7.11 Å². The van der Waals surface area contributed by atoms with Crippen LogP contribution in [-0.4, -0.2) is 44.3 Å². The number of rotatable bonds is 5. The van der Waals surface area contributed by atoms with Crippen molar-refractivity contribution >= 4 is 0 Å². The number of hydrogen-bond donors (Lipinski definition) is 1. The van der Waals surface area contributed by atoms with Crippen LogP contribution in [0.1, 0.15) is 12.8 Å². The van der Waals surface area contributed by atoms with Gasteiger partial charge in [-0.2, -0.15) is 0 Å². The van der Waals surface area contributed by atoms with E-state index < -0.39 is 0 Å². The summed E-state index contributed by atoms with van der Waals surface area (Å²) in [5.74, 6) is 0. The Labute approximate surface area is 68.5 Å². The molecule has 0 saturated heterocycles. The third-order valence-corrected chi connectivity index (χ3v) is 2.65. The molecule has 2 N–H and O–H groups in total. The quantitative estimate of drug-likeness (QED) is 0.614. The molecule has 0 atom stereocenters. The molecule has 0 amide bonds. The Balaban J connectivity index is 2.23. The minimum absolute atomic E-state index is 0.332. The fourth-order valence-corrected chi connectivity index (χ4v) is 1.35. The van der Waals surface area contributed by atoms with Crippen molar-refractivity contribution in [3.05, 3.63) is 0 Å². The lowest BCUT2D eigenvalue weighted by atomic mass is 10.2. The van der Waals surface area contributed by atoms with Crippen LogP contribution >= 0.6 is 0 Å². The van der Waals surface area contributed by atoms with Gasteiger partial charge in [0.25, 0.3) is 0 Å². The Bertz CT molecular complexity index is 123. The van der Waals surface area contributed by atoms with Crippen molar-refractivity contribution in [2.45, 2.75) is 18.4 Å². The predicted molar refractivity (Wildman–Crippen MR) is 45.5 cm³/mol. The first-order chi connectivity index (χ1) is 5.25. The normalized spacial score (nSPS) is 20.7. The number of methoxy groups -OCH3 is 1. The maximum Gasteiger partial charge on any atom is 0.0589 e. The molecule has 0 aromatic rings. The molecule has 3 heteroatoms. The summed E-state index contributed by atoms with van der Waals surface area (Å²) in [6, 6.07) is 0. The average molecular weight is 158 g/mol. The lowest BCUT2D eigenvalue weighted by Gasteiger charge is -2.26. The molecule has 0 aromatic heterocycles. The first-order valence-corrected chi connectivity index (χ1v) is 4.15. The van der Waals surface area contributed by atoms with E-state index in [1.165, 1.54) is 12.8 Å². The summed E-state index contributed by atoms with van der Waals surface area (Å²) in [6.45, 7) is 2.58. The second-order valence-electron chi connectivity index (χ2n) is 3.34. The zero-order chi connectivity index (χ0) is 8.32. The zero-order valence-electron chi connectivity index (χ0n) is 7.47. The highest BCUT2D eigenvalue weighted by atomic mass is 16.5. The van der Waals surface area contributed by atoms with Gasteiger partial charge in [-0.25, -0.2) is 0 Å². The summed E-state index contributed by atoms with van der Waals surface area (Å²) in [6.07, 6.45) is 2.51. The molecule has 3 nitrogen and oxygen atoms in total. The lowest BCUT2D eigenvalue weighted by Crippen LogP contribution is -2.41. The number of nitrogens with zero attached hydrogens (tertiary/aromatic N) is 1. The predicted octanol–water partition coefficient (Wildman–Crippen LogP) is 0.0559. The molecule has 0 bridgehead atoms. The van der Waals surface area contributed by atoms with Gasteiger partial charge in [-0.05, 0) is 19.9 Å². The second-order valence-corrected chi connectivity index (χ2v) is 3.34. The molecule has 1 rings (SSSR count). The van der Waals surface area contributed by atoms with Crippen LogP contribution < -0.4 is 5.73 Å². The van der Waals surface area contributed by atoms with E-state index in [2.05, 4.69) is 11.9 Å². The van der Waals surface area contributed by atoms with E-state index in [0.717, 1.165) is 19.7 Å². The summed E-state index contributed by atoms with van der Waals surface area (Å²) >= 11 is 0. The molecule has 66 valence electrons. The first-order valence-electron chi connectivity index (χ1n) is 4.15. The summed E-state index contributed by atoms with van der Waals surface area (Å²) in [5.41, 5.74) is 5.99.